The Morgan fingerprint density at radius 3 is 2.46 bits per heavy atom. The number of phenolic OH excluding ortho intramolecular Hbond substituents is 1. The highest BCUT2D eigenvalue weighted by Crippen LogP contribution is 2.35. The second kappa shape index (κ2) is 8.09. The number of pyridine rings is 2. The van der Waals surface area contributed by atoms with Crippen molar-refractivity contribution in [1.29, 1.82) is 0 Å². The minimum absolute atomic E-state index is 0.0187. The summed E-state index contributed by atoms with van der Waals surface area (Å²) in [5, 5.41) is 12.2. The van der Waals surface area contributed by atoms with Crippen molar-refractivity contribution in [3.63, 3.8) is 0 Å². The fourth-order valence-corrected chi connectivity index (χ4v) is 3.15. The first-order valence-electron chi connectivity index (χ1n) is 7.84. The number of hydrogen-bond acceptors (Lipinski definition) is 3. The first kappa shape index (κ1) is 18.7. The van der Waals surface area contributed by atoms with Gasteiger partial charge in [0.1, 0.15) is 5.52 Å². The van der Waals surface area contributed by atoms with Crippen molar-refractivity contribution in [3.05, 3.63) is 76.0 Å². The van der Waals surface area contributed by atoms with Crippen LogP contribution in [-0.4, -0.2) is 15.1 Å². The maximum Gasteiger partial charge on any atom is 0.160 e. The summed E-state index contributed by atoms with van der Waals surface area (Å²) in [6.07, 6.45) is 0. The van der Waals surface area contributed by atoms with Crippen molar-refractivity contribution in [2.45, 2.75) is 12.8 Å². The summed E-state index contributed by atoms with van der Waals surface area (Å²) < 4.78 is 0. The predicted octanol–water partition coefficient (Wildman–Crippen LogP) is 6.53. The molecule has 4 rings (SSSR count). The molecule has 0 aliphatic carbocycles. The quantitative estimate of drug-likeness (QED) is 0.366. The number of aromatic hydroxyl groups is 1. The number of hydrogen-bond donors (Lipinski definition) is 1. The van der Waals surface area contributed by atoms with Crippen molar-refractivity contribution < 1.29 is 5.11 Å². The van der Waals surface area contributed by atoms with E-state index in [2.05, 4.69) is 9.97 Å². The number of rotatable bonds is 1. The van der Waals surface area contributed by atoms with Gasteiger partial charge in [-0.1, -0.05) is 47.5 Å². The van der Waals surface area contributed by atoms with Crippen LogP contribution >= 0.6 is 34.8 Å². The molecule has 1 N–H and O–H groups in total. The Hall–Kier alpha value is -2.07. The van der Waals surface area contributed by atoms with E-state index in [9.17, 15) is 5.11 Å². The molecule has 0 fully saturated rings. The smallest absolute Gasteiger partial charge is 0.160 e. The largest absolute Gasteiger partial charge is 0.504 e. The highest BCUT2D eigenvalue weighted by Gasteiger charge is 2.09. The van der Waals surface area contributed by atoms with Crippen LogP contribution in [0.4, 0.5) is 0 Å². The van der Waals surface area contributed by atoms with Crippen LogP contribution in [0.2, 0.25) is 10.0 Å². The third-order valence-electron chi connectivity index (χ3n) is 3.79. The van der Waals surface area contributed by atoms with Crippen molar-refractivity contribution >= 4 is 56.6 Å². The second-order valence-corrected chi connectivity index (χ2v) is 6.75. The van der Waals surface area contributed by atoms with Crippen LogP contribution in [0.3, 0.4) is 0 Å². The highest BCUT2D eigenvalue weighted by atomic mass is 35.5. The number of aromatic nitrogens is 2. The van der Waals surface area contributed by atoms with Crippen LogP contribution in [0.25, 0.3) is 21.8 Å². The first-order valence-corrected chi connectivity index (χ1v) is 9.13. The monoisotopic (exact) mass is 404 g/mol. The van der Waals surface area contributed by atoms with Gasteiger partial charge < -0.3 is 5.11 Å². The molecule has 0 bridgehead atoms. The third-order valence-corrected chi connectivity index (χ3v) is 4.66. The zero-order valence-corrected chi connectivity index (χ0v) is 16.1. The lowest BCUT2D eigenvalue weighted by Crippen LogP contribution is -1.85. The fourth-order valence-electron chi connectivity index (χ4n) is 2.48. The Balaban J connectivity index is 0.000000152. The van der Waals surface area contributed by atoms with E-state index in [1.54, 1.807) is 0 Å². The van der Waals surface area contributed by atoms with E-state index in [-0.39, 0.29) is 10.8 Å². The summed E-state index contributed by atoms with van der Waals surface area (Å²) >= 11 is 17.4. The molecule has 0 aliphatic rings. The molecule has 0 radical (unpaired) electrons. The molecule has 132 valence electrons. The number of nitrogens with zero attached hydrogens (tertiary/aromatic N) is 2. The van der Waals surface area contributed by atoms with E-state index in [1.165, 1.54) is 6.07 Å². The Morgan fingerprint density at radius 2 is 1.69 bits per heavy atom. The fraction of sp³-hybridized carbons (Fsp3) is 0.100. The van der Waals surface area contributed by atoms with Gasteiger partial charge in [-0.3, -0.25) is 4.98 Å². The van der Waals surface area contributed by atoms with Gasteiger partial charge in [-0.25, -0.2) is 4.98 Å². The van der Waals surface area contributed by atoms with E-state index in [0.717, 1.165) is 22.3 Å². The Labute approximate surface area is 166 Å². The molecule has 3 nitrogen and oxygen atoms in total. The van der Waals surface area contributed by atoms with Gasteiger partial charge in [-0.15, -0.1) is 11.6 Å². The van der Waals surface area contributed by atoms with Gasteiger partial charge in [-0.05, 0) is 37.3 Å². The standard InChI is InChI=1S/C10H7Cl2NO.C10H8ClN/c1-5-2-3-6-7(11)4-8(12)10(14)9(6)13-5;11-7-9-6-5-8-3-1-2-4-10(8)12-9/h2-4,14H,1H3;1-6H,7H2. The van der Waals surface area contributed by atoms with Gasteiger partial charge in [0.25, 0.3) is 0 Å². The first-order chi connectivity index (χ1) is 12.5. The van der Waals surface area contributed by atoms with Gasteiger partial charge in [0.2, 0.25) is 0 Å². The van der Waals surface area contributed by atoms with Gasteiger partial charge in [-0.2, -0.15) is 0 Å². The van der Waals surface area contributed by atoms with Crippen LogP contribution in [0.15, 0.2) is 54.6 Å². The van der Waals surface area contributed by atoms with Gasteiger partial charge in [0.05, 0.1) is 27.1 Å². The molecule has 0 saturated heterocycles. The molecule has 2 aromatic carbocycles. The topological polar surface area (TPSA) is 46.0 Å². The Kier molecular flexibility index (Phi) is 5.82. The molecule has 0 saturated carbocycles. The maximum absolute atomic E-state index is 9.65. The average molecular weight is 406 g/mol. The minimum atomic E-state index is -0.0187. The number of fused-ring (bicyclic) bond motifs is 2. The van der Waals surface area contributed by atoms with Crippen LogP contribution < -0.4 is 0 Å². The number of alkyl halides is 1. The zero-order valence-electron chi connectivity index (χ0n) is 13.9. The normalized spacial score (nSPS) is 10.6. The highest BCUT2D eigenvalue weighted by molar-refractivity contribution is 6.39. The summed E-state index contributed by atoms with van der Waals surface area (Å²) in [5.41, 5.74) is 3.19. The summed E-state index contributed by atoms with van der Waals surface area (Å²) in [6.45, 7) is 1.84. The van der Waals surface area contributed by atoms with Gasteiger partial charge in [0, 0.05) is 16.5 Å². The third kappa shape index (κ3) is 4.01. The van der Waals surface area contributed by atoms with Crippen LogP contribution in [0, 0.1) is 6.92 Å². The van der Waals surface area contributed by atoms with Crippen molar-refractivity contribution in [3.8, 4) is 5.75 Å². The Bertz CT molecular complexity index is 1080. The molecular formula is C20H15Cl3N2O. The molecule has 4 aromatic rings. The number of phenols is 1. The van der Waals surface area contributed by atoms with Crippen LogP contribution in [-0.2, 0) is 5.88 Å². The summed E-state index contributed by atoms with van der Waals surface area (Å²) in [4.78, 5) is 8.54. The molecule has 0 unspecified atom stereocenters. The molecular weight excluding hydrogens is 391 g/mol. The minimum Gasteiger partial charge on any atom is -0.504 e. The molecule has 26 heavy (non-hydrogen) atoms. The van der Waals surface area contributed by atoms with E-state index in [0.29, 0.717) is 21.8 Å². The molecule has 0 aliphatic heterocycles. The maximum atomic E-state index is 9.65. The molecule has 2 aromatic heterocycles. The van der Waals surface area contributed by atoms with E-state index >= 15 is 0 Å². The Morgan fingerprint density at radius 1 is 0.923 bits per heavy atom. The number of para-hydroxylation sites is 1. The second-order valence-electron chi connectivity index (χ2n) is 5.67. The van der Waals surface area contributed by atoms with E-state index in [4.69, 9.17) is 34.8 Å². The van der Waals surface area contributed by atoms with Crippen molar-refractivity contribution in [1.82, 2.24) is 9.97 Å². The van der Waals surface area contributed by atoms with Crippen LogP contribution in [0.1, 0.15) is 11.4 Å². The molecule has 6 heteroatoms. The van der Waals surface area contributed by atoms with Gasteiger partial charge in [0.15, 0.2) is 5.75 Å². The van der Waals surface area contributed by atoms with Crippen molar-refractivity contribution in [2.75, 3.05) is 0 Å². The average Bonchev–Trinajstić information content (AvgIpc) is 2.66. The molecule has 0 spiro atoms. The summed E-state index contributed by atoms with van der Waals surface area (Å²) in [6, 6.07) is 17.2. The lowest BCUT2D eigenvalue weighted by molar-refractivity contribution is 0.480. The summed E-state index contributed by atoms with van der Waals surface area (Å²) in [5.74, 6) is 0.458. The van der Waals surface area contributed by atoms with Crippen molar-refractivity contribution in [2.24, 2.45) is 0 Å². The van der Waals surface area contributed by atoms with E-state index in [1.807, 2.05) is 55.5 Å². The van der Waals surface area contributed by atoms with Crippen LogP contribution in [0.5, 0.6) is 5.75 Å². The molecule has 2 heterocycles. The lowest BCUT2D eigenvalue weighted by atomic mass is 10.2. The SMILES string of the molecule is Cc1ccc2c(Cl)cc(Cl)c(O)c2n1.ClCc1ccc2ccccc2n1. The summed E-state index contributed by atoms with van der Waals surface area (Å²) in [7, 11) is 0. The van der Waals surface area contributed by atoms with Gasteiger partial charge >= 0.3 is 0 Å². The zero-order chi connectivity index (χ0) is 18.7. The number of halogens is 3. The number of benzene rings is 2. The number of aryl methyl sites for hydroxylation is 1. The molecule has 0 atom stereocenters. The molecule has 0 amide bonds. The lowest BCUT2D eigenvalue weighted by Gasteiger charge is -2.05. The predicted molar refractivity (Wildman–Crippen MR) is 109 cm³/mol. The van der Waals surface area contributed by atoms with E-state index < -0.39 is 0 Å².